The number of rotatable bonds is 9. The van der Waals surface area contributed by atoms with E-state index in [9.17, 15) is 22.4 Å². The number of carbonyl (C=O) groups is 2. The Morgan fingerprint density at radius 1 is 1.09 bits per heavy atom. The molecule has 0 aliphatic heterocycles. The monoisotopic (exact) mass is 543 g/mol. The van der Waals surface area contributed by atoms with Crippen LogP contribution in [0.3, 0.4) is 0 Å². The normalized spacial score (nSPS) is 15.0. The first kappa shape index (κ1) is 27.2. The molecule has 1 atom stereocenters. The van der Waals surface area contributed by atoms with E-state index < -0.39 is 34.3 Å². The second-order valence-electron chi connectivity index (χ2n) is 8.63. The average molecular weight is 544 g/mol. The lowest BCUT2D eigenvalue weighted by Crippen LogP contribution is -2.52. The molecule has 35 heavy (non-hydrogen) atoms. The van der Waals surface area contributed by atoms with Crippen LogP contribution < -0.4 is 9.62 Å². The van der Waals surface area contributed by atoms with Gasteiger partial charge in [-0.05, 0) is 56.2 Å². The van der Waals surface area contributed by atoms with Gasteiger partial charge in [-0.2, -0.15) is 0 Å². The molecule has 1 aliphatic rings. The molecule has 2 amide bonds. The lowest BCUT2D eigenvalue weighted by molar-refractivity contribution is -0.139. The van der Waals surface area contributed by atoms with E-state index in [0.29, 0.717) is 15.6 Å². The highest BCUT2D eigenvalue weighted by atomic mass is 35.5. The Morgan fingerprint density at radius 2 is 1.66 bits per heavy atom. The summed E-state index contributed by atoms with van der Waals surface area (Å²) >= 11 is 12.6. The smallest absolute Gasteiger partial charge is 0.244 e. The van der Waals surface area contributed by atoms with Gasteiger partial charge in [-0.25, -0.2) is 12.8 Å². The average Bonchev–Trinajstić information content (AvgIpc) is 3.30. The third kappa shape index (κ3) is 7.08. The van der Waals surface area contributed by atoms with Crippen LogP contribution in [0.2, 0.25) is 10.0 Å². The van der Waals surface area contributed by atoms with Crippen LogP contribution in [0.1, 0.15) is 38.2 Å². The molecule has 0 heterocycles. The van der Waals surface area contributed by atoms with Gasteiger partial charge >= 0.3 is 0 Å². The number of hydrogen-bond donors (Lipinski definition) is 1. The molecule has 0 spiro atoms. The Morgan fingerprint density at radius 3 is 2.20 bits per heavy atom. The summed E-state index contributed by atoms with van der Waals surface area (Å²) in [6.45, 7) is 0.890. The van der Waals surface area contributed by atoms with Crippen molar-refractivity contribution in [3.8, 4) is 0 Å². The molecule has 2 aromatic rings. The summed E-state index contributed by atoms with van der Waals surface area (Å²) in [4.78, 5) is 27.8. The first-order chi connectivity index (χ1) is 16.5. The van der Waals surface area contributed by atoms with E-state index in [1.807, 2.05) is 0 Å². The molecular weight excluding hydrogens is 516 g/mol. The van der Waals surface area contributed by atoms with Crippen molar-refractivity contribution in [2.75, 3.05) is 17.1 Å². The molecule has 1 aliphatic carbocycles. The van der Waals surface area contributed by atoms with Crippen LogP contribution in [0.4, 0.5) is 10.1 Å². The molecule has 1 N–H and O–H groups in total. The summed E-state index contributed by atoms with van der Waals surface area (Å²) in [6.07, 6.45) is 4.75. The number of hydrogen-bond acceptors (Lipinski definition) is 4. The zero-order valence-corrected chi connectivity index (χ0v) is 21.8. The van der Waals surface area contributed by atoms with Gasteiger partial charge < -0.3 is 10.2 Å². The van der Waals surface area contributed by atoms with Crippen LogP contribution in [-0.4, -0.2) is 50.0 Å². The fourth-order valence-electron chi connectivity index (χ4n) is 4.05. The van der Waals surface area contributed by atoms with Gasteiger partial charge in [0, 0.05) is 28.2 Å². The van der Waals surface area contributed by atoms with E-state index >= 15 is 0 Å². The minimum Gasteiger partial charge on any atom is -0.352 e. The lowest BCUT2D eigenvalue weighted by Gasteiger charge is -2.32. The van der Waals surface area contributed by atoms with Crippen molar-refractivity contribution in [1.82, 2.24) is 10.2 Å². The maximum atomic E-state index is 13.5. The molecule has 0 unspecified atom stereocenters. The summed E-state index contributed by atoms with van der Waals surface area (Å²) in [7, 11) is -3.90. The number of anilines is 1. The largest absolute Gasteiger partial charge is 0.352 e. The standard InChI is InChI=1S/C24H28Cl2FN3O4S/c1-16(24(32)28-18-6-3-4-7-18)29(14-20-21(25)8-5-9-22(20)26)23(31)15-30(35(2,33)34)19-12-10-17(27)11-13-19/h5,8-13,16,18H,3-4,6-7,14-15H2,1-2H3,(H,28,32)/t16-/m0/s1. The van der Waals surface area contributed by atoms with Crippen molar-refractivity contribution in [3.05, 3.63) is 63.9 Å². The molecule has 1 saturated carbocycles. The summed E-state index contributed by atoms with van der Waals surface area (Å²) in [5.41, 5.74) is 0.568. The van der Waals surface area contributed by atoms with Gasteiger partial charge in [-0.15, -0.1) is 0 Å². The maximum Gasteiger partial charge on any atom is 0.244 e. The molecular formula is C24H28Cl2FN3O4S. The number of carbonyl (C=O) groups excluding carboxylic acids is 2. The minimum atomic E-state index is -3.90. The predicted molar refractivity (Wildman–Crippen MR) is 135 cm³/mol. The number of nitrogens with zero attached hydrogens (tertiary/aromatic N) is 2. The zero-order valence-electron chi connectivity index (χ0n) is 19.5. The number of sulfonamides is 1. The minimum absolute atomic E-state index is 0.0394. The fourth-order valence-corrected chi connectivity index (χ4v) is 5.42. The van der Waals surface area contributed by atoms with Crippen LogP contribution >= 0.6 is 23.2 Å². The molecule has 0 bridgehead atoms. The predicted octanol–water partition coefficient (Wildman–Crippen LogP) is 4.37. The van der Waals surface area contributed by atoms with E-state index in [2.05, 4.69) is 5.32 Å². The molecule has 7 nitrogen and oxygen atoms in total. The first-order valence-corrected chi connectivity index (χ1v) is 13.8. The quantitative estimate of drug-likeness (QED) is 0.508. The summed E-state index contributed by atoms with van der Waals surface area (Å²) < 4.78 is 39.3. The first-order valence-electron chi connectivity index (χ1n) is 11.2. The molecule has 3 rings (SSSR count). The van der Waals surface area contributed by atoms with Crippen molar-refractivity contribution in [1.29, 1.82) is 0 Å². The number of amides is 2. The molecule has 190 valence electrons. The van der Waals surface area contributed by atoms with Gasteiger partial charge in [0.25, 0.3) is 0 Å². The van der Waals surface area contributed by atoms with Crippen LogP contribution in [0.25, 0.3) is 0 Å². The number of benzene rings is 2. The van der Waals surface area contributed by atoms with Crippen LogP contribution in [0, 0.1) is 5.82 Å². The summed E-state index contributed by atoms with van der Waals surface area (Å²) in [6, 6.07) is 8.78. The number of nitrogens with one attached hydrogen (secondary N) is 1. The lowest BCUT2D eigenvalue weighted by atomic mass is 10.1. The van der Waals surface area contributed by atoms with E-state index in [4.69, 9.17) is 23.2 Å². The van der Waals surface area contributed by atoms with E-state index in [1.54, 1.807) is 25.1 Å². The van der Waals surface area contributed by atoms with Gasteiger partial charge in [-0.3, -0.25) is 13.9 Å². The SMILES string of the molecule is C[C@@H](C(=O)NC1CCCC1)N(Cc1c(Cl)cccc1Cl)C(=O)CN(c1ccc(F)cc1)S(C)(=O)=O. The van der Waals surface area contributed by atoms with Gasteiger partial charge in [0.05, 0.1) is 11.9 Å². The van der Waals surface area contributed by atoms with Crippen molar-refractivity contribution >= 4 is 50.7 Å². The Balaban J connectivity index is 1.91. The third-order valence-corrected chi connectivity index (χ3v) is 7.90. The molecule has 0 radical (unpaired) electrons. The second-order valence-corrected chi connectivity index (χ2v) is 11.4. The molecule has 2 aromatic carbocycles. The van der Waals surface area contributed by atoms with Crippen molar-refractivity contribution in [2.45, 2.75) is 51.2 Å². The molecule has 1 fully saturated rings. The van der Waals surface area contributed by atoms with Crippen LogP contribution in [0.15, 0.2) is 42.5 Å². The molecule has 0 aromatic heterocycles. The van der Waals surface area contributed by atoms with Crippen LogP contribution in [0.5, 0.6) is 0 Å². The highest BCUT2D eigenvalue weighted by molar-refractivity contribution is 7.92. The number of halogens is 3. The summed E-state index contributed by atoms with van der Waals surface area (Å²) in [5, 5.41) is 3.61. The van der Waals surface area contributed by atoms with Crippen LogP contribution in [-0.2, 0) is 26.2 Å². The summed E-state index contributed by atoms with van der Waals surface area (Å²) in [5.74, 6) is -1.52. The zero-order chi connectivity index (χ0) is 25.8. The Bertz CT molecular complexity index is 1150. The molecule has 0 saturated heterocycles. The third-order valence-electron chi connectivity index (χ3n) is 6.05. The second kappa shape index (κ2) is 11.6. The van der Waals surface area contributed by atoms with Crippen molar-refractivity contribution in [2.24, 2.45) is 0 Å². The van der Waals surface area contributed by atoms with E-state index in [-0.39, 0.29) is 24.2 Å². The highest BCUT2D eigenvalue weighted by Gasteiger charge is 2.32. The van der Waals surface area contributed by atoms with Gasteiger partial charge in [0.2, 0.25) is 21.8 Å². The van der Waals surface area contributed by atoms with Crippen molar-refractivity contribution < 1.29 is 22.4 Å². The van der Waals surface area contributed by atoms with E-state index in [1.165, 1.54) is 17.0 Å². The maximum absolute atomic E-state index is 13.5. The fraction of sp³-hybridized carbons (Fsp3) is 0.417. The van der Waals surface area contributed by atoms with Gasteiger partial charge in [0.1, 0.15) is 18.4 Å². The highest BCUT2D eigenvalue weighted by Crippen LogP contribution is 2.27. The van der Waals surface area contributed by atoms with E-state index in [0.717, 1.165) is 48.4 Å². The van der Waals surface area contributed by atoms with Crippen molar-refractivity contribution in [3.63, 3.8) is 0 Å². The Hall–Kier alpha value is -2.36. The Labute approximate surface area is 215 Å². The topological polar surface area (TPSA) is 86.8 Å². The molecule has 11 heteroatoms. The Kier molecular flexibility index (Phi) is 9.01. The van der Waals surface area contributed by atoms with Gasteiger partial charge in [0.15, 0.2) is 0 Å². The van der Waals surface area contributed by atoms with Gasteiger partial charge in [-0.1, -0.05) is 42.1 Å².